The molecule has 648 valence electrons. The lowest BCUT2D eigenvalue weighted by Crippen LogP contribution is -2.46. The number of carbonyl (C=O) groups is 5. The highest BCUT2D eigenvalue weighted by Crippen LogP contribution is 2.49. The summed E-state index contributed by atoms with van der Waals surface area (Å²) < 4.78 is 627. The summed E-state index contributed by atoms with van der Waals surface area (Å²) in [7, 11) is -9.01. The predicted molar refractivity (Wildman–Crippen MR) is 465 cm³/mol. The quantitative estimate of drug-likeness (QED) is 0.0598. The summed E-state index contributed by atoms with van der Waals surface area (Å²) in [5, 5.41) is 0. The van der Waals surface area contributed by atoms with E-state index in [2.05, 4.69) is 0 Å². The average Bonchev–Trinajstić information content (AvgIpc) is 0.652. The van der Waals surface area contributed by atoms with Gasteiger partial charge in [0, 0.05) is 227 Å². The number of rotatable bonds is 23. The van der Waals surface area contributed by atoms with Gasteiger partial charge < -0.3 is 47.4 Å². The fraction of sp³-hybridized carbons (Fsp3) is 0.643. The van der Waals surface area contributed by atoms with Crippen LogP contribution in [0.2, 0.25) is 0 Å². The van der Waals surface area contributed by atoms with Crippen molar-refractivity contribution in [3.05, 3.63) is 116 Å². The maximum Gasteiger partial charge on any atom is 0.161 e. The lowest BCUT2D eigenvalue weighted by atomic mass is 9.79. The lowest BCUT2D eigenvalue weighted by molar-refractivity contribution is -0.130. The van der Waals surface area contributed by atoms with E-state index < -0.39 is 355 Å². The van der Waals surface area contributed by atoms with Gasteiger partial charge in [0.1, 0.15) is 28.9 Å². The highest BCUT2D eigenvalue weighted by molar-refractivity contribution is 5.86. The standard InChI is InChI=1S/3C20H29NO3.2C19H27NO3/c3*1-5-13(2)8-15-12-21-7-6-14-9-19(23-3)20(24-4)10-16(14)17(21)11-18(15)22;2*1-12(2)7-14-11-20-6-5-13-8-18(22-3)19(23-4)9-15(13)16(20)10-17(14)21/h3*9-10,13,15,17H,5-8,11-12H2,1-4H3;2*8-9,12,14,16H,5-7,10-11H2,1-4H3/i2D3,3D3,5D2,6D2,7D2,8D2,11D2,13D,15D,17D;2D3,3D3,5D2,8D2,11D2,12D2,13D,15D;2D3,3D3,5D2,6D2,7D2,8D2,13D,17D;3D3,5D2,6D2,10D2,14D,16D;3D3,5D2,6D2,16D. The first kappa shape index (κ1) is 36.4. The van der Waals surface area contributed by atoms with Crippen molar-refractivity contribution in [1.29, 1.82) is 0 Å². The Bertz CT molecular complexity index is 7560. The van der Waals surface area contributed by atoms with E-state index in [-0.39, 0.29) is 111 Å². The molecular weight excluding hydrogens is 1490 g/mol. The second kappa shape index (κ2) is 41.7. The van der Waals surface area contributed by atoms with E-state index in [0.29, 0.717) is 48.0 Å². The summed E-state index contributed by atoms with van der Waals surface area (Å²) in [6.45, 7) is -22.1. The summed E-state index contributed by atoms with van der Waals surface area (Å²) in [4.78, 5) is 70.4. The minimum atomic E-state index is -4.12. The Labute approximate surface area is 804 Å². The van der Waals surface area contributed by atoms with Crippen LogP contribution in [0.3, 0.4) is 0 Å². The molecule has 20 nitrogen and oxygen atoms in total. The minimum Gasteiger partial charge on any atom is -0.493 e. The normalized spacial score (nSPS) is 45.3. The number of hydrogen-bond acceptors (Lipinski definition) is 20. The molecule has 10 aliphatic rings. The molecule has 0 saturated carbocycles. The summed E-state index contributed by atoms with van der Waals surface area (Å²) in [5.74, 6) is -33.8. The van der Waals surface area contributed by atoms with E-state index in [4.69, 9.17) is 141 Å². The first-order valence-corrected chi connectivity index (χ1v) is 36.9. The van der Waals surface area contributed by atoms with Crippen LogP contribution in [0.15, 0.2) is 60.7 Å². The Morgan fingerprint density at radius 3 is 1.13 bits per heavy atom. The molecule has 5 aromatic carbocycles. The molecule has 10 heterocycles. The summed E-state index contributed by atoms with van der Waals surface area (Å²) >= 11 is 0. The van der Waals surface area contributed by atoms with Gasteiger partial charge in [-0.25, -0.2) is 0 Å². The molecule has 118 heavy (non-hydrogen) atoms. The van der Waals surface area contributed by atoms with Crippen molar-refractivity contribution in [3.8, 4) is 57.5 Å². The topological polar surface area (TPSA) is 194 Å². The van der Waals surface area contributed by atoms with Gasteiger partial charge in [-0.2, -0.15) is 0 Å². The Balaban J connectivity index is 0.000000218. The van der Waals surface area contributed by atoms with Gasteiger partial charge in [-0.05, 0) is 210 Å². The van der Waals surface area contributed by atoms with Crippen molar-refractivity contribution in [2.24, 2.45) is 59.0 Å². The van der Waals surface area contributed by atoms with Gasteiger partial charge in [0.25, 0.3) is 0 Å². The molecule has 13 unspecified atom stereocenters. The van der Waals surface area contributed by atoms with E-state index in [1.165, 1.54) is 26.4 Å². The molecule has 5 fully saturated rings. The van der Waals surface area contributed by atoms with Crippen LogP contribution < -0.4 is 47.4 Å². The molecule has 0 N–H and O–H groups in total. The zero-order valence-electron chi connectivity index (χ0n) is 137. The van der Waals surface area contributed by atoms with Crippen molar-refractivity contribution in [1.82, 2.24) is 24.5 Å². The number of ketones is 5. The third kappa shape index (κ3) is 21.0. The van der Waals surface area contributed by atoms with Crippen LogP contribution in [-0.4, -0.2) is 189 Å². The lowest BCUT2D eigenvalue weighted by Gasteiger charge is -2.43. The second-order valence-electron chi connectivity index (χ2n) is 28.2. The number of aryl methyl sites for hydroxylation is 4. The Morgan fingerprint density at radius 2 is 0.729 bits per heavy atom. The van der Waals surface area contributed by atoms with Crippen molar-refractivity contribution < 1.29 is 167 Å². The molecule has 10 aliphatic heterocycles. The molecule has 0 aromatic heterocycles. The molecule has 0 bridgehead atoms. The maximum atomic E-state index is 13.9. The zero-order valence-corrected chi connectivity index (χ0v) is 66.6. The molecule has 5 saturated heterocycles. The minimum absolute atomic E-state index is 0.0311. The number of piperidine rings is 5. The van der Waals surface area contributed by atoms with E-state index in [0.717, 1.165) is 68.7 Å². The summed E-state index contributed by atoms with van der Waals surface area (Å²) in [5.41, 5.74) is -3.30. The largest absolute Gasteiger partial charge is 0.493 e. The zero-order chi connectivity index (χ0) is 146. The number of nitrogens with zero attached hydrogens (tertiary/aromatic N) is 5. The van der Waals surface area contributed by atoms with Crippen LogP contribution >= 0.6 is 0 Å². The molecule has 15 rings (SSSR count). The van der Waals surface area contributed by atoms with Crippen molar-refractivity contribution in [2.45, 2.75) is 214 Å². The Kier molecular flexibility index (Phi) is 12.8. The van der Waals surface area contributed by atoms with Crippen LogP contribution in [0, 0.1) is 59.0 Å². The van der Waals surface area contributed by atoms with Gasteiger partial charge in [-0.3, -0.25) is 48.5 Å². The summed E-state index contributed by atoms with van der Waals surface area (Å²) in [6.07, 6.45) is -44.4. The van der Waals surface area contributed by atoms with E-state index in [1.807, 2.05) is 13.8 Å². The van der Waals surface area contributed by atoms with Gasteiger partial charge in [0.05, 0.1) is 96.8 Å². The van der Waals surface area contributed by atoms with Gasteiger partial charge >= 0.3 is 0 Å². The monoisotopic (exact) mass is 1700 g/mol. The smallest absolute Gasteiger partial charge is 0.161 e. The molecule has 0 aliphatic carbocycles. The fourth-order valence-electron chi connectivity index (χ4n) is 14.0. The molecule has 0 amide bonds. The van der Waals surface area contributed by atoms with Crippen LogP contribution in [0.1, 0.15) is 334 Å². The highest BCUT2D eigenvalue weighted by atomic mass is 16.5. The third-order valence-electron chi connectivity index (χ3n) is 19.8. The average molecular weight is 1700 g/mol. The molecule has 20 heteroatoms. The number of Topliss-reactive ketones (excluding diaryl/α,β-unsaturated/α-hetero) is 5. The highest BCUT2D eigenvalue weighted by Gasteiger charge is 2.45. The number of hydrogen-bond donors (Lipinski definition) is 0. The number of fused-ring (bicyclic) bond motifs is 15. The van der Waals surface area contributed by atoms with E-state index >= 15 is 0 Å². The molecule has 13 atom stereocenters. The SMILES string of the molecule is [2H]C([2H])([2H])Oc1cc2c(cc1OC)C1([2H])CC(=O)C(C([2H])([2H])C([2H])(C([2H])([2H])[2H])C([2H])([2H])C)CN1C([2H])([2H])C2([2H])[2H].[2H]C([2H])([2H])Oc1cc2c(cc1OC)C1([2H])CC(=O)C(CC(C)C)CN1C([2H])([2H])C2([2H])[2H].[2H]C([2H])([2H])Oc1cc2c(cc1OC)C1([2H])N(CC([2H])(C([2H])([2H])C([2H])(C([2H])([2H])[2H])C([2H])([2H])C)C(=O)C1([2H])[2H])C([2H])([2H])C2([2H])[2H].[2H]C([2H])([2H])Oc1cc2c(cc1OC)C1([2H])N(CC([2H])(CC(C)C)C(=O)C1([2H])[2H])C([2H])([2H])C2([2H])[2H].[2H]C([2H])([2H])Oc1cc2c(cc1OC)C1N(CC2)C([2H])([2H])C([2H])(C([2H])([2H])C([2H])(C([2H])([2H])[2H])C([2H])([2H])C)C(=O)C1([2H])[2H]. The fourth-order valence-corrected chi connectivity index (χ4v) is 14.0. The van der Waals surface area contributed by atoms with Crippen molar-refractivity contribution >= 4 is 28.9 Å². The van der Waals surface area contributed by atoms with Crippen LogP contribution in [0.5, 0.6) is 57.5 Å². The van der Waals surface area contributed by atoms with Gasteiger partial charge in [-0.1, -0.05) is 88.1 Å². The van der Waals surface area contributed by atoms with E-state index in [1.54, 1.807) is 13.8 Å². The van der Waals surface area contributed by atoms with Gasteiger partial charge in [-0.15, -0.1) is 0 Å². The molecule has 5 aromatic rings. The van der Waals surface area contributed by atoms with Crippen molar-refractivity contribution in [3.63, 3.8) is 0 Å². The van der Waals surface area contributed by atoms with Gasteiger partial charge in [0.2, 0.25) is 0 Å². The van der Waals surface area contributed by atoms with Crippen LogP contribution in [0.4, 0.5) is 0 Å². The first-order valence-electron chi connectivity index (χ1n) is 71.9. The van der Waals surface area contributed by atoms with Crippen LogP contribution in [0.25, 0.3) is 0 Å². The second-order valence-corrected chi connectivity index (χ2v) is 28.2. The number of ether oxygens (including phenoxy) is 10. The Hall–Kier alpha value is -7.75. The third-order valence-corrected chi connectivity index (χ3v) is 19.8. The van der Waals surface area contributed by atoms with E-state index in [9.17, 15) is 26.7 Å². The molecule has 0 spiro atoms. The van der Waals surface area contributed by atoms with Crippen molar-refractivity contribution in [2.75, 3.05) is 136 Å². The Morgan fingerprint density at radius 1 is 0.390 bits per heavy atom. The number of benzene rings is 5. The maximum absolute atomic E-state index is 13.9. The summed E-state index contributed by atoms with van der Waals surface area (Å²) in [6, 6.07) is -2.19. The number of carbonyl (C=O) groups excluding carboxylic acids is 5. The molecule has 0 radical (unpaired) electrons. The van der Waals surface area contributed by atoms with Crippen LogP contribution in [-0.2, 0) is 55.9 Å². The predicted octanol–water partition coefficient (Wildman–Crippen LogP) is 17.4. The van der Waals surface area contributed by atoms with Gasteiger partial charge in [0.15, 0.2) is 57.5 Å². The first-order chi connectivity index (χ1) is 83.2. The number of methoxy groups -OCH3 is 10. The molecular formula is C98H141N5O15.